The number of hydrogen-bond donors (Lipinski definition) is 2. The van der Waals surface area contributed by atoms with Gasteiger partial charge in [0.05, 0.1) is 22.8 Å². The summed E-state index contributed by atoms with van der Waals surface area (Å²) in [4.78, 5) is 30.4. The van der Waals surface area contributed by atoms with Gasteiger partial charge in [0, 0.05) is 17.0 Å². The second-order valence-corrected chi connectivity index (χ2v) is 5.16. The Balaban J connectivity index is 0.000000470. The molecule has 11 heteroatoms. The smallest absolute Gasteiger partial charge is 0.389 e. The first-order chi connectivity index (χ1) is 10.9. The molecular formula is C13H13BrF3NO6. The van der Waals surface area contributed by atoms with E-state index in [1.54, 1.807) is 0 Å². The van der Waals surface area contributed by atoms with Crippen LogP contribution in [0.5, 0.6) is 0 Å². The van der Waals surface area contributed by atoms with E-state index in [1.807, 2.05) is 0 Å². The maximum Gasteiger partial charge on any atom is 0.389 e. The Bertz CT molecular complexity index is 620. The minimum absolute atomic E-state index is 0.0820. The number of nitro groups is 1. The Kier molecular flexibility index (Phi) is 8.37. The molecule has 0 fully saturated rings. The average Bonchev–Trinajstić information content (AvgIpc) is 2.45. The highest BCUT2D eigenvalue weighted by molar-refractivity contribution is 9.08. The first-order valence-electron chi connectivity index (χ1n) is 6.25. The van der Waals surface area contributed by atoms with Gasteiger partial charge in [-0.3, -0.25) is 14.9 Å². The standard InChI is InChI=1S/C8H6BrNO4.C5H7F3O2/c9-4-6-2-1-5(8(11)12)3-7(6)10(13)14;1-3(4(9)10)2-5(6,7)8/h1-3H,4H2,(H,11,12);3H,2H2,1H3,(H,9,10). The summed E-state index contributed by atoms with van der Waals surface area (Å²) in [5.41, 5.74) is 0.197. The van der Waals surface area contributed by atoms with E-state index < -0.39 is 35.4 Å². The number of aliphatic carboxylic acids is 1. The minimum Gasteiger partial charge on any atom is -0.481 e. The molecule has 1 aromatic carbocycles. The summed E-state index contributed by atoms with van der Waals surface area (Å²) in [5, 5.41) is 27.5. The third-order valence-electron chi connectivity index (χ3n) is 2.63. The Morgan fingerprint density at radius 1 is 1.33 bits per heavy atom. The number of aromatic carboxylic acids is 1. The second-order valence-electron chi connectivity index (χ2n) is 4.60. The molecule has 1 rings (SSSR count). The van der Waals surface area contributed by atoms with Crippen molar-refractivity contribution < 1.29 is 37.9 Å². The Hall–Kier alpha value is -2.17. The lowest BCUT2D eigenvalue weighted by molar-refractivity contribution is -0.385. The molecule has 0 aliphatic carbocycles. The number of carbonyl (C=O) groups is 2. The van der Waals surface area contributed by atoms with Crippen LogP contribution in [0.4, 0.5) is 18.9 Å². The van der Waals surface area contributed by atoms with Crippen LogP contribution in [0.2, 0.25) is 0 Å². The summed E-state index contributed by atoms with van der Waals surface area (Å²) < 4.78 is 34.2. The van der Waals surface area contributed by atoms with E-state index in [9.17, 15) is 32.9 Å². The zero-order chi connectivity index (χ0) is 19.1. The number of carboxylic acid groups (broad SMARTS) is 2. The normalized spacial score (nSPS) is 11.9. The monoisotopic (exact) mass is 415 g/mol. The van der Waals surface area contributed by atoms with Crippen LogP contribution < -0.4 is 0 Å². The highest BCUT2D eigenvalue weighted by Crippen LogP contribution is 2.24. The summed E-state index contributed by atoms with van der Waals surface area (Å²) in [6.45, 7) is 1.02. The minimum atomic E-state index is -4.38. The van der Waals surface area contributed by atoms with Crippen molar-refractivity contribution >= 4 is 33.6 Å². The second kappa shape index (κ2) is 9.21. The number of benzene rings is 1. The van der Waals surface area contributed by atoms with E-state index >= 15 is 0 Å². The number of nitrogens with zero attached hydrogens (tertiary/aromatic N) is 1. The summed E-state index contributed by atoms with van der Waals surface area (Å²) in [7, 11) is 0. The van der Waals surface area contributed by atoms with Crippen LogP contribution in [0.1, 0.15) is 29.3 Å². The summed E-state index contributed by atoms with van der Waals surface area (Å²) in [6, 6.07) is 3.82. The maximum absolute atomic E-state index is 11.4. The molecule has 134 valence electrons. The van der Waals surface area contributed by atoms with Crippen molar-refractivity contribution in [2.75, 3.05) is 0 Å². The van der Waals surface area contributed by atoms with Gasteiger partial charge in [-0.2, -0.15) is 13.2 Å². The van der Waals surface area contributed by atoms with Gasteiger partial charge in [0.15, 0.2) is 0 Å². The van der Waals surface area contributed by atoms with E-state index in [0.29, 0.717) is 10.9 Å². The largest absolute Gasteiger partial charge is 0.481 e. The third-order valence-corrected chi connectivity index (χ3v) is 3.24. The number of hydrogen-bond acceptors (Lipinski definition) is 4. The Labute approximate surface area is 142 Å². The highest BCUT2D eigenvalue weighted by atomic mass is 79.9. The number of alkyl halides is 4. The van der Waals surface area contributed by atoms with Crippen molar-refractivity contribution in [3.63, 3.8) is 0 Å². The number of carboxylic acids is 2. The van der Waals surface area contributed by atoms with Crippen molar-refractivity contribution in [2.45, 2.75) is 24.9 Å². The molecule has 24 heavy (non-hydrogen) atoms. The van der Waals surface area contributed by atoms with Gasteiger partial charge >= 0.3 is 18.1 Å². The van der Waals surface area contributed by atoms with E-state index in [0.717, 1.165) is 13.0 Å². The number of halogens is 4. The molecule has 1 atom stereocenters. The molecule has 0 spiro atoms. The summed E-state index contributed by atoms with van der Waals surface area (Å²) in [6.07, 6.45) is -5.64. The van der Waals surface area contributed by atoms with Crippen molar-refractivity contribution in [1.29, 1.82) is 0 Å². The zero-order valence-corrected chi connectivity index (χ0v) is 13.8. The average molecular weight is 416 g/mol. The molecule has 7 nitrogen and oxygen atoms in total. The van der Waals surface area contributed by atoms with E-state index in [2.05, 4.69) is 15.9 Å². The fraction of sp³-hybridized carbons (Fsp3) is 0.385. The molecule has 0 amide bonds. The van der Waals surface area contributed by atoms with E-state index in [1.165, 1.54) is 12.1 Å². The van der Waals surface area contributed by atoms with Crippen LogP contribution in [0, 0.1) is 16.0 Å². The van der Waals surface area contributed by atoms with E-state index in [4.69, 9.17) is 10.2 Å². The van der Waals surface area contributed by atoms with Gasteiger partial charge in [-0.1, -0.05) is 28.9 Å². The van der Waals surface area contributed by atoms with Gasteiger partial charge in [-0.05, 0) is 6.07 Å². The summed E-state index contributed by atoms with van der Waals surface area (Å²) >= 11 is 3.09. The van der Waals surface area contributed by atoms with Crippen molar-refractivity contribution in [1.82, 2.24) is 0 Å². The maximum atomic E-state index is 11.4. The predicted octanol–water partition coefficient (Wildman–Crippen LogP) is 3.85. The zero-order valence-electron chi connectivity index (χ0n) is 12.2. The van der Waals surface area contributed by atoms with Crippen LogP contribution in [-0.4, -0.2) is 33.3 Å². The first kappa shape index (κ1) is 21.8. The quantitative estimate of drug-likeness (QED) is 0.428. The van der Waals surface area contributed by atoms with Gasteiger partial charge in [0.25, 0.3) is 5.69 Å². The molecule has 0 saturated heterocycles. The summed E-state index contributed by atoms with van der Waals surface area (Å²) in [5.74, 6) is -3.94. The molecular weight excluding hydrogens is 403 g/mol. The fourth-order valence-corrected chi connectivity index (χ4v) is 1.89. The van der Waals surface area contributed by atoms with Crippen molar-refractivity contribution in [3.8, 4) is 0 Å². The van der Waals surface area contributed by atoms with Gasteiger partial charge in [0.1, 0.15) is 0 Å². The van der Waals surface area contributed by atoms with Crippen molar-refractivity contribution in [2.24, 2.45) is 5.92 Å². The van der Waals surface area contributed by atoms with Crippen LogP contribution >= 0.6 is 15.9 Å². The molecule has 0 aliphatic rings. The van der Waals surface area contributed by atoms with E-state index in [-0.39, 0.29) is 11.3 Å². The lowest BCUT2D eigenvalue weighted by atomic mass is 10.1. The topological polar surface area (TPSA) is 118 Å². The molecule has 0 aromatic heterocycles. The van der Waals surface area contributed by atoms with Crippen LogP contribution in [0.25, 0.3) is 0 Å². The van der Waals surface area contributed by atoms with Gasteiger partial charge < -0.3 is 10.2 Å². The molecule has 2 N–H and O–H groups in total. The number of rotatable bonds is 5. The lowest BCUT2D eigenvalue weighted by Crippen LogP contribution is -2.19. The molecule has 0 radical (unpaired) electrons. The third kappa shape index (κ3) is 7.90. The van der Waals surface area contributed by atoms with Crippen molar-refractivity contribution in [3.05, 3.63) is 39.4 Å². The number of nitro benzene ring substituents is 1. The highest BCUT2D eigenvalue weighted by Gasteiger charge is 2.32. The molecule has 1 unspecified atom stereocenters. The fourth-order valence-electron chi connectivity index (χ4n) is 1.41. The van der Waals surface area contributed by atoms with Gasteiger partial charge in [-0.25, -0.2) is 4.79 Å². The Morgan fingerprint density at radius 3 is 2.17 bits per heavy atom. The predicted molar refractivity (Wildman–Crippen MR) is 80.2 cm³/mol. The molecule has 0 saturated carbocycles. The van der Waals surface area contributed by atoms with Gasteiger partial charge in [0.2, 0.25) is 0 Å². The lowest BCUT2D eigenvalue weighted by Gasteiger charge is -2.08. The first-order valence-corrected chi connectivity index (χ1v) is 7.37. The molecule has 1 aromatic rings. The van der Waals surface area contributed by atoms with Crippen LogP contribution in [0.3, 0.4) is 0 Å². The molecule has 0 bridgehead atoms. The Morgan fingerprint density at radius 2 is 1.88 bits per heavy atom. The molecule has 0 aliphatic heterocycles. The molecule has 0 heterocycles. The van der Waals surface area contributed by atoms with Crippen LogP contribution in [0.15, 0.2) is 18.2 Å². The van der Waals surface area contributed by atoms with Crippen LogP contribution in [-0.2, 0) is 10.1 Å². The van der Waals surface area contributed by atoms with Gasteiger partial charge in [-0.15, -0.1) is 0 Å². The SMILES string of the molecule is CC(CC(F)(F)F)C(=O)O.O=C(O)c1ccc(CBr)c([N+](=O)[O-])c1.